The molecule has 3 rings (SSSR count). The first kappa shape index (κ1) is 11.2. The van der Waals surface area contributed by atoms with Gasteiger partial charge >= 0.3 is 0 Å². The highest BCUT2D eigenvalue weighted by Gasteiger charge is 2.14. The standard InChI is InChI=1S/C13H12N2O2S/c1-16-13-10(8-12-14-17-18-15-12)7-6-9-4-2-3-5-11(9)13/h2-7H,8H2,1H3,(H,14,15). The van der Waals surface area contributed by atoms with Crippen LogP contribution in [-0.4, -0.2) is 12.9 Å². The van der Waals surface area contributed by atoms with Crippen LogP contribution in [0, 0.1) is 0 Å². The second-order valence-electron chi connectivity index (χ2n) is 3.95. The molecule has 0 spiro atoms. The van der Waals surface area contributed by atoms with Crippen molar-refractivity contribution >= 4 is 28.8 Å². The summed E-state index contributed by atoms with van der Waals surface area (Å²) in [6, 6.07) is 12.3. The Morgan fingerprint density at radius 1 is 1.28 bits per heavy atom. The number of hydrogen-bond donors (Lipinski definition) is 1. The van der Waals surface area contributed by atoms with Gasteiger partial charge in [-0.15, -0.1) is 0 Å². The van der Waals surface area contributed by atoms with Gasteiger partial charge in [0.25, 0.3) is 0 Å². The van der Waals surface area contributed by atoms with E-state index in [1.807, 2.05) is 12.1 Å². The lowest BCUT2D eigenvalue weighted by Gasteiger charge is -2.11. The molecule has 5 heteroatoms. The van der Waals surface area contributed by atoms with E-state index in [4.69, 9.17) is 9.02 Å². The number of amidine groups is 1. The molecule has 0 radical (unpaired) electrons. The maximum Gasteiger partial charge on any atom is 0.208 e. The molecule has 1 N–H and O–H groups in total. The Kier molecular flexibility index (Phi) is 2.98. The molecule has 18 heavy (non-hydrogen) atoms. The molecule has 0 bridgehead atoms. The molecule has 0 saturated carbocycles. The van der Waals surface area contributed by atoms with Gasteiger partial charge in [0, 0.05) is 17.4 Å². The molecule has 1 aliphatic heterocycles. The van der Waals surface area contributed by atoms with Crippen molar-refractivity contribution in [2.45, 2.75) is 6.42 Å². The Balaban J connectivity index is 2.05. The molecule has 0 amide bonds. The zero-order chi connectivity index (χ0) is 12.4. The minimum Gasteiger partial charge on any atom is -0.496 e. The predicted molar refractivity (Wildman–Crippen MR) is 73.5 cm³/mol. The highest BCUT2D eigenvalue weighted by Crippen LogP contribution is 2.30. The smallest absolute Gasteiger partial charge is 0.208 e. The van der Waals surface area contributed by atoms with Gasteiger partial charge in [-0.1, -0.05) is 41.6 Å². The van der Waals surface area contributed by atoms with Crippen molar-refractivity contribution < 1.29 is 9.02 Å². The minimum absolute atomic E-state index is 0.668. The maximum absolute atomic E-state index is 5.54. The Morgan fingerprint density at radius 2 is 2.17 bits per heavy atom. The number of nitrogens with zero attached hydrogens (tertiary/aromatic N) is 1. The SMILES string of the molecule is COc1c(CC2=NOSN2)ccc2ccccc12. The van der Waals surface area contributed by atoms with Crippen molar-refractivity contribution in [1.82, 2.24) is 4.72 Å². The van der Waals surface area contributed by atoms with Gasteiger partial charge in [0.2, 0.25) is 12.2 Å². The Labute approximate surface area is 109 Å². The van der Waals surface area contributed by atoms with E-state index in [1.165, 1.54) is 5.39 Å². The molecule has 0 aliphatic carbocycles. The molecule has 4 nitrogen and oxygen atoms in total. The van der Waals surface area contributed by atoms with Gasteiger partial charge in [-0.05, 0) is 5.39 Å². The number of benzene rings is 2. The van der Waals surface area contributed by atoms with E-state index in [1.54, 1.807) is 7.11 Å². The summed E-state index contributed by atoms with van der Waals surface area (Å²) in [6.07, 6.45) is 0.668. The third-order valence-electron chi connectivity index (χ3n) is 2.87. The fourth-order valence-corrected chi connectivity index (χ4v) is 2.44. The summed E-state index contributed by atoms with van der Waals surface area (Å²) in [6.45, 7) is 0. The van der Waals surface area contributed by atoms with Crippen LogP contribution in [0.4, 0.5) is 0 Å². The van der Waals surface area contributed by atoms with Gasteiger partial charge < -0.3 is 4.74 Å². The first-order valence-electron chi connectivity index (χ1n) is 5.58. The molecule has 0 saturated heterocycles. The number of oxime groups is 1. The van der Waals surface area contributed by atoms with Gasteiger partial charge in [0.05, 0.1) is 7.11 Å². The van der Waals surface area contributed by atoms with Crippen molar-refractivity contribution in [3.8, 4) is 5.75 Å². The summed E-state index contributed by atoms with van der Waals surface area (Å²) in [4.78, 5) is 0. The summed E-state index contributed by atoms with van der Waals surface area (Å²) in [7, 11) is 1.69. The van der Waals surface area contributed by atoms with E-state index in [9.17, 15) is 0 Å². The average molecular weight is 260 g/mol. The molecule has 92 valence electrons. The zero-order valence-electron chi connectivity index (χ0n) is 9.84. The average Bonchev–Trinajstić information content (AvgIpc) is 2.91. The molecule has 0 unspecified atom stereocenters. The minimum atomic E-state index is 0.668. The second-order valence-corrected chi connectivity index (χ2v) is 4.47. The third-order valence-corrected chi connectivity index (χ3v) is 3.34. The van der Waals surface area contributed by atoms with Crippen LogP contribution in [0.1, 0.15) is 5.56 Å². The van der Waals surface area contributed by atoms with Crippen LogP contribution in [-0.2, 0) is 10.7 Å². The topological polar surface area (TPSA) is 42.9 Å². The number of methoxy groups -OCH3 is 1. The summed E-state index contributed by atoms with van der Waals surface area (Å²) in [5.41, 5.74) is 1.09. The molecular formula is C13H12N2O2S. The third kappa shape index (κ3) is 1.97. The van der Waals surface area contributed by atoms with Crippen LogP contribution in [0.15, 0.2) is 41.6 Å². The van der Waals surface area contributed by atoms with Crippen LogP contribution in [0.5, 0.6) is 5.75 Å². The van der Waals surface area contributed by atoms with E-state index in [2.05, 4.69) is 34.1 Å². The second kappa shape index (κ2) is 4.78. The molecule has 2 aromatic rings. The van der Waals surface area contributed by atoms with Crippen molar-refractivity contribution in [3.63, 3.8) is 0 Å². The monoisotopic (exact) mass is 260 g/mol. The van der Waals surface area contributed by atoms with Gasteiger partial charge in [-0.3, -0.25) is 9.01 Å². The zero-order valence-corrected chi connectivity index (χ0v) is 10.7. The molecule has 0 fully saturated rings. The van der Waals surface area contributed by atoms with Crippen molar-refractivity contribution in [1.29, 1.82) is 0 Å². The molecule has 1 heterocycles. The number of nitrogens with one attached hydrogen (secondary N) is 1. The Bertz CT molecular complexity index is 613. The van der Waals surface area contributed by atoms with Crippen LogP contribution in [0.3, 0.4) is 0 Å². The van der Waals surface area contributed by atoms with E-state index < -0.39 is 0 Å². The quantitative estimate of drug-likeness (QED) is 0.680. The predicted octanol–water partition coefficient (Wildman–Crippen LogP) is 2.89. The lowest BCUT2D eigenvalue weighted by Crippen LogP contribution is -2.14. The van der Waals surface area contributed by atoms with Crippen LogP contribution >= 0.6 is 12.2 Å². The van der Waals surface area contributed by atoms with Gasteiger partial charge in [0.1, 0.15) is 5.75 Å². The largest absolute Gasteiger partial charge is 0.496 e. The number of rotatable bonds is 3. The highest BCUT2D eigenvalue weighted by atomic mass is 32.2. The first-order valence-corrected chi connectivity index (χ1v) is 6.33. The van der Waals surface area contributed by atoms with Crippen molar-refractivity contribution in [3.05, 3.63) is 42.0 Å². The fourth-order valence-electron chi connectivity index (χ4n) is 2.07. The highest BCUT2D eigenvalue weighted by molar-refractivity contribution is 7.93. The van der Waals surface area contributed by atoms with Gasteiger partial charge in [-0.2, -0.15) is 0 Å². The molecule has 1 aliphatic rings. The molecular weight excluding hydrogens is 248 g/mol. The Hall–Kier alpha value is -1.88. The van der Waals surface area contributed by atoms with Crippen LogP contribution < -0.4 is 9.46 Å². The number of fused-ring (bicyclic) bond motifs is 1. The fraction of sp³-hybridized carbons (Fsp3) is 0.154. The number of ether oxygens (including phenoxy) is 1. The van der Waals surface area contributed by atoms with Crippen LogP contribution in [0.2, 0.25) is 0 Å². The summed E-state index contributed by atoms with van der Waals surface area (Å²) in [5, 5.41) is 6.19. The van der Waals surface area contributed by atoms with E-state index in [0.29, 0.717) is 6.42 Å². The van der Waals surface area contributed by atoms with Gasteiger partial charge in [0.15, 0.2) is 5.84 Å². The maximum atomic E-state index is 5.54. The molecule has 2 aromatic carbocycles. The summed E-state index contributed by atoms with van der Waals surface area (Å²) in [5.74, 6) is 1.70. The molecule has 0 aromatic heterocycles. The number of hydrogen-bond acceptors (Lipinski definition) is 5. The van der Waals surface area contributed by atoms with Crippen molar-refractivity contribution in [2.75, 3.05) is 7.11 Å². The van der Waals surface area contributed by atoms with E-state index >= 15 is 0 Å². The van der Waals surface area contributed by atoms with E-state index in [-0.39, 0.29) is 0 Å². The molecule has 0 atom stereocenters. The lowest BCUT2D eigenvalue weighted by molar-refractivity contribution is 0.412. The van der Waals surface area contributed by atoms with Crippen LogP contribution in [0.25, 0.3) is 10.8 Å². The normalized spacial score (nSPS) is 13.9. The summed E-state index contributed by atoms with van der Waals surface area (Å²) >= 11 is 1.12. The van der Waals surface area contributed by atoms with Gasteiger partial charge in [-0.25, -0.2) is 0 Å². The summed E-state index contributed by atoms with van der Waals surface area (Å²) < 4.78 is 13.4. The first-order chi connectivity index (χ1) is 8.88. The van der Waals surface area contributed by atoms with E-state index in [0.717, 1.165) is 34.8 Å². The lowest BCUT2D eigenvalue weighted by atomic mass is 10.0. The Morgan fingerprint density at radius 3 is 2.94 bits per heavy atom. The van der Waals surface area contributed by atoms with Crippen molar-refractivity contribution in [2.24, 2.45) is 5.16 Å².